The molecule has 0 aliphatic rings. The van der Waals surface area contributed by atoms with Crippen molar-refractivity contribution in [2.45, 2.75) is 16.5 Å². The summed E-state index contributed by atoms with van der Waals surface area (Å²) < 4.78 is 3.45. The minimum absolute atomic E-state index is 0.298. The molecule has 0 bridgehead atoms. The molecule has 0 spiro atoms. The van der Waals surface area contributed by atoms with Crippen LogP contribution in [0.5, 0.6) is 0 Å². The number of carbonyl (C=O) groups is 1. The molecule has 2 rings (SSSR count). The first-order chi connectivity index (χ1) is 10.4. The fourth-order valence-corrected chi connectivity index (χ4v) is 2.20. The van der Waals surface area contributed by atoms with E-state index in [0.717, 1.165) is 0 Å². The van der Waals surface area contributed by atoms with E-state index in [2.05, 4.69) is 10.6 Å². The van der Waals surface area contributed by atoms with Crippen molar-refractivity contribution in [2.24, 2.45) is 0 Å². The van der Waals surface area contributed by atoms with Crippen molar-refractivity contribution in [1.29, 1.82) is 0 Å². The Morgan fingerprint density at radius 1 is 1.18 bits per heavy atom. The standard InChI is InChI=1S/C14H12Cl4N2O2/c15-10-5-3-9(4-6-10)12(21)20-13(14(16,17)18)19-8-11-2-1-7-22-11/h1-7,13,19H,8H2,(H,20,21)/t13-/m1/s1. The molecule has 1 aromatic heterocycles. The number of carbonyl (C=O) groups excluding carboxylic acids is 1. The van der Waals surface area contributed by atoms with Crippen molar-refractivity contribution in [1.82, 2.24) is 10.6 Å². The van der Waals surface area contributed by atoms with Crippen LogP contribution in [0.4, 0.5) is 0 Å². The Morgan fingerprint density at radius 3 is 2.41 bits per heavy atom. The molecular formula is C14H12Cl4N2O2. The molecule has 1 atom stereocenters. The van der Waals surface area contributed by atoms with Crippen molar-refractivity contribution in [3.8, 4) is 0 Å². The summed E-state index contributed by atoms with van der Waals surface area (Å²) in [4.78, 5) is 12.2. The van der Waals surface area contributed by atoms with Crippen molar-refractivity contribution >= 4 is 52.3 Å². The Labute approximate surface area is 147 Å². The van der Waals surface area contributed by atoms with Crippen LogP contribution in [0.2, 0.25) is 5.02 Å². The monoisotopic (exact) mass is 380 g/mol. The first-order valence-corrected chi connectivity index (χ1v) is 7.76. The second kappa shape index (κ2) is 7.57. The lowest BCUT2D eigenvalue weighted by molar-refractivity contribution is 0.0928. The minimum Gasteiger partial charge on any atom is -0.468 e. The van der Waals surface area contributed by atoms with Crippen LogP contribution in [0, 0.1) is 0 Å². The van der Waals surface area contributed by atoms with Crippen LogP contribution >= 0.6 is 46.4 Å². The molecule has 1 heterocycles. The summed E-state index contributed by atoms with van der Waals surface area (Å²) in [7, 11) is 0. The summed E-state index contributed by atoms with van der Waals surface area (Å²) in [5.74, 6) is 0.264. The normalized spacial score (nSPS) is 12.9. The van der Waals surface area contributed by atoms with E-state index < -0.39 is 9.96 Å². The zero-order chi connectivity index (χ0) is 16.2. The summed E-state index contributed by atoms with van der Waals surface area (Å²) in [6, 6.07) is 9.89. The maximum atomic E-state index is 12.2. The SMILES string of the molecule is O=C(N[C@@H](NCc1ccco1)C(Cl)(Cl)Cl)c1ccc(Cl)cc1. The lowest BCUT2D eigenvalue weighted by Gasteiger charge is -2.26. The van der Waals surface area contributed by atoms with Crippen LogP contribution in [0.25, 0.3) is 0 Å². The van der Waals surface area contributed by atoms with Gasteiger partial charge in [-0.05, 0) is 36.4 Å². The van der Waals surface area contributed by atoms with Crippen LogP contribution in [0.15, 0.2) is 47.1 Å². The van der Waals surface area contributed by atoms with Crippen molar-refractivity contribution in [3.05, 3.63) is 59.0 Å². The van der Waals surface area contributed by atoms with Gasteiger partial charge in [0.2, 0.25) is 3.79 Å². The van der Waals surface area contributed by atoms with E-state index in [1.807, 2.05) is 0 Å². The molecule has 0 saturated carbocycles. The maximum Gasteiger partial charge on any atom is 0.252 e. The van der Waals surface area contributed by atoms with Gasteiger partial charge in [0.25, 0.3) is 5.91 Å². The van der Waals surface area contributed by atoms with Crippen LogP contribution in [0.1, 0.15) is 16.1 Å². The van der Waals surface area contributed by atoms with Crippen LogP contribution in [-0.4, -0.2) is 15.9 Å². The van der Waals surface area contributed by atoms with Gasteiger partial charge < -0.3 is 9.73 Å². The van der Waals surface area contributed by atoms with Crippen LogP contribution in [0.3, 0.4) is 0 Å². The summed E-state index contributed by atoms with van der Waals surface area (Å²) in [5.41, 5.74) is 0.406. The predicted octanol–water partition coefficient (Wildman–Crippen LogP) is 4.15. The molecule has 1 aromatic carbocycles. The maximum absolute atomic E-state index is 12.2. The third-order valence-corrected chi connectivity index (χ3v) is 3.68. The molecule has 1 amide bonds. The molecule has 0 saturated heterocycles. The first-order valence-electron chi connectivity index (χ1n) is 6.25. The molecule has 0 aliphatic heterocycles. The number of furan rings is 1. The Kier molecular flexibility index (Phi) is 6.01. The van der Waals surface area contributed by atoms with E-state index in [1.54, 1.807) is 36.4 Å². The highest BCUT2D eigenvalue weighted by atomic mass is 35.6. The second-order valence-corrected chi connectivity index (χ2v) is 7.22. The zero-order valence-electron chi connectivity index (χ0n) is 11.2. The van der Waals surface area contributed by atoms with E-state index in [0.29, 0.717) is 22.9 Å². The van der Waals surface area contributed by atoms with Gasteiger partial charge in [-0.15, -0.1) is 0 Å². The van der Waals surface area contributed by atoms with Crippen LogP contribution in [-0.2, 0) is 6.54 Å². The molecule has 0 unspecified atom stereocenters. The van der Waals surface area contributed by atoms with Crippen molar-refractivity contribution < 1.29 is 9.21 Å². The number of halogens is 4. The van der Waals surface area contributed by atoms with Crippen molar-refractivity contribution in [3.63, 3.8) is 0 Å². The predicted molar refractivity (Wildman–Crippen MR) is 88.5 cm³/mol. The number of benzene rings is 1. The molecule has 0 fully saturated rings. The van der Waals surface area contributed by atoms with E-state index in [4.69, 9.17) is 50.8 Å². The number of alkyl halides is 3. The highest BCUT2D eigenvalue weighted by Gasteiger charge is 2.34. The molecule has 2 aromatic rings. The quantitative estimate of drug-likeness (QED) is 0.604. The van der Waals surface area contributed by atoms with Gasteiger partial charge in [0.1, 0.15) is 11.9 Å². The molecule has 0 aliphatic carbocycles. The van der Waals surface area contributed by atoms with E-state index in [-0.39, 0.29) is 5.91 Å². The highest BCUT2D eigenvalue weighted by molar-refractivity contribution is 6.68. The Morgan fingerprint density at radius 2 is 1.86 bits per heavy atom. The van der Waals surface area contributed by atoms with Gasteiger partial charge in [0.05, 0.1) is 12.8 Å². The van der Waals surface area contributed by atoms with E-state index in [1.165, 1.54) is 6.26 Å². The zero-order valence-corrected chi connectivity index (χ0v) is 14.2. The topological polar surface area (TPSA) is 54.3 Å². The molecule has 22 heavy (non-hydrogen) atoms. The summed E-state index contributed by atoms with van der Waals surface area (Å²) in [6.07, 6.45) is 0.638. The number of amides is 1. The largest absolute Gasteiger partial charge is 0.468 e. The Bertz CT molecular complexity index is 609. The molecule has 0 radical (unpaired) electrons. The van der Waals surface area contributed by atoms with Gasteiger partial charge in [-0.25, -0.2) is 0 Å². The summed E-state index contributed by atoms with van der Waals surface area (Å²) in [6.45, 7) is 0.298. The molecular weight excluding hydrogens is 370 g/mol. The van der Waals surface area contributed by atoms with Crippen molar-refractivity contribution in [2.75, 3.05) is 0 Å². The second-order valence-electron chi connectivity index (χ2n) is 4.42. The third-order valence-electron chi connectivity index (χ3n) is 2.77. The van der Waals surface area contributed by atoms with Gasteiger partial charge in [-0.1, -0.05) is 46.4 Å². The first kappa shape index (κ1) is 17.4. The minimum atomic E-state index is -1.73. The van der Waals surface area contributed by atoms with Gasteiger partial charge in [0.15, 0.2) is 0 Å². The highest BCUT2D eigenvalue weighted by Crippen LogP contribution is 2.29. The average Bonchev–Trinajstić information content (AvgIpc) is 2.96. The van der Waals surface area contributed by atoms with Gasteiger partial charge in [0, 0.05) is 10.6 Å². The van der Waals surface area contributed by atoms with Crippen LogP contribution < -0.4 is 10.6 Å². The Hall–Kier alpha value is -0.910. The van der Waals surface area contributed by atoms with E-state index >= 15 is 0 Å². The fourth-order valence-electron chi connectivity index (χ4n) is 1.68. The van der Waals surface area contributed by atoms with E-state index in [9.17, 15) is 4.79 Å². The smallest absolute Gasteiger partial charge is 0.252 e. The lowest BCUT2D eigenvalue weighted by atomic mass is 10.2. The Balaban J connectivity index is 2.03. The lowest BCUT2D eigenvalue weighted by Crippen LogP contribution is -2.53. The third kappa shape index (κ3) is 5.07. The van der Waals surface area contributed by atoms with Gasteiger partial charge in [-0.3, -0.25) is 10.1 Å². The summed E-state index contributed by atoms with van der Waals surface area (Å²) >= 11 is 23.5. The molecule has 118 valence electrons. The van der Waals surface area contributed by atoms with Gasteiger partial charge in [-0.2, -0.15) is 0 Å². The summed E-state index contributed by atoms with van der Waals surface area (Å²) in [5, 5.41) is 6.08. The molecule has 2 N–H and O–H groups in total. The number of rotatable bonds is 5. The number of nitrogens with one attached hydrogen (secondary N) is 2. The average molecular weight is 382 g/mol. The number of hydrogen-bond donors (Lipinski definition) is 2. The molecule has 8 heteroatoms. The van der Waals surface area contributed by atoms with Gasteiger partial charge >= 0.3 is 0 Å². The number of hydrogen-bond acceptors (Lipinski definition) is 3. The molecule has 4 nitrogen and oxygen atoms in total. The fraction of sp³-hybridized carbons (Fsp3) is 0.214.